The van der Waals surface area contributed by atoms with E-state index in [1.165, 1.54) is 0 Å². The van der Waals surface area contributed by atoms with Gasteiger partial charge in [-0.15, -0.1) is 11.6 Å². The van der Waals surface area contributed by atoms with Gasteiger partial charge in [0.1, 0.15) is 18.0 Å². The molecule has 0 aliphatic heterocycles. The fraction of sp³-hybridized carbons (Fsp3) is 0.333. The van der Waals surface area contributed by atoms with Crippen LogP contribution >= 0.6 is 11.6 Å². The molecule has 1 aromatic carbocycles. The molecule has 0 bridgehead atoms. The maximum Gasteiger partial charge on any atom is 0.137 e. The van der Waals surface area contributed by atoms with Crippen LogP contribution in [-0.4, -0.2) is 7.11 Å². The molecule has 2 aromatic rings. The topological polar surface area (TPSA) is 22.4 Å². The van der Waals surface area contributed by atoms with E-state index in [0.29, 0.717) is 12.5 Å². The highest BCUT2D eigenvalue weighted by Crippen LogP contribution is 2.25. The molecule has 0 amide bonds. The highest BCUT2D eigenvalue weighted by Gasteiger charge is 2.07. The van der Waals surface area contributed by atoms with Crippen molar-refractivity contribution in [2.45, 2.75) is 19.4 Å². The molecular weight excluding hydrogens is 212 g/mol. The van der Waals surface area contributed by atoms with Crippen molar-refractivity contribution >= 4 is 22.6 Å². The third-order valence-electron chi connectivity index (χ3n) is 2.35. The molecule has 3 heteroatoms. The second kappa shape index (κ2) is 4.25. The zero-order valence-electron chi connectivity index (χ0n) is 8.84. The molecule has 0 saturated heterocycles. The molecule has 2 nitrogen and oxygen atoms in total. The van der Waals surface area contributed by atoms with Crippen LogP contribution in [-0.2, 0) is 17.2 Å². The Kier molecular flexibility index (Phi) is 2.98. The number of furan rings is 1. The molecule has 0 saturated carbocycles. The summed E-state index contributed by atoms with van der Waals surface area (Å²) < 4.78 is 10.7. The Morgan fingerprint density at radius 2 is 2.13 bits per heavy atom. The second-order valence-electron chi connectivity index (χ2n) is 3.61. The number of aryl methyl sites for hydroxylation is 1. The number of rotatable bonds is 3. The van der Waals surface area contributed by atoms with Crippen molar-refractivity contribution < 1.29 is 9.15 Å². The minimum absolute atomic E-state index is 0.504. The summed E-state index contributed by atoms with van der Waals surface area (Å²) in [6.07, 6.45) is 0. The zero-order valence-corrected chi connectivity index (χ0v) is 9.60. The summed E-state index contributed by atoms with van der Waals surface area (Å²) in [5.41, 5.74) is 3.16. The lowest BCUT2D eigenvalue weighted by Crippen LogP contribution is -1.81. The van der Waals surface area contributed by atoms with Gasteiger partial charge in [-0.2, -0.15) is 0 Å². The minimum Gasteiger partial charge on any atom is -0.458 e. The van der Waals surface area contributed by atoms with Gasteiger partial charge in [-0.1, -0.05) is 6.07 Å². The van der Waals surface area contributed by atoms with Crippen molar-refractivity contribution in [3.63, 3.8) is 0 Å². The Labute approximate surface area is 93.8 Å². The summed E-state index contributed by atoms with van der Waals surface area (Å²) >= 11 is 5.81. The van der Waals surface area contributed by atoms with Crippen molar-refractivity contribution in [1.82, 2.24) is 0 Å². The van der Waals surface area contributed by atoms with E-state index in [4.69, 9.17) is 20.8 Å². The van der Waals surface area contributed by atoms with E-state index in [0.717, 1.165) is 27.9 Å². The predicted molar refractivity (Wildman–Crippen MR) is 61.2 cm³/mol. The number of alkyl halides is 1. The fourth-order valence-electron chi connectivity index (χ4n) is 1.75. The van der Waals surface area contributed by atoms with Gasteiger partial charge in [-0.25, -0.2) is 0 Å². The van der Waals surface area contributed by atoms with Crippen LogP contribution in [0.5, 0.6) is 0 Å². The van der Waals surface area contributed by atoms with Gasteiger partial charge in [0.2, 0.25) is 0 Å². The molecule has 80 valence electrons. The number of halogens is 1. The monoisotopic (exact) mass is 224 g/mol. The first-order chi connectivity index (χ1) is 7.24. The molecule has 0 spiro atoms. The smallest absolute Gasteiger partial charge is 0.137 e. The molecular formula is C12H13ClO2. The Morgan fingerprint density at radius 3 is 2.80 bits per heavy atom. The van der Waals surface area contributed by atoms with E-state index < -0.39 is 0 Å². The van der Waals surface area contributed by atoms with Gasteiger partial charge in [0.25, 0.3) is 0 Å². The van der Waals surface area contributed by atoms with Crippen molar-refractivity contribution in [2.75, 3.05) is 7.11 Å². The predicted octanol–water partition coefficient (Wildman–Crippen LogP) is 3.63. The van der Waals surface area contributed by atoms with Crippen LogP contribution in [0.2, 0.25) is 0 Å². The van der Waals surface area contributed by atoms with Gasteiger partial charge >= 0.3 is 0 Å². The summed E-state index contributed by atoms with van der Waals surface area (Å²) in [5.74, 6) is 1.38. The maximum absolute atomic E-state index is 5.81. The first kappa shape index (κ1) is 10.5. The van der Waals surface area contributed by atoms with Crippen molar-refractivity contribution in [3.05, 3.63) is 35.1 Å². The van der Waals surface area contributed by atoms with E-state index in [2.05, 4.69) is 12.1 Å². The van der Waals surface area contributed by atoms with Crippen LogP contribution < -0.4 is 0 Å². The Bertz CT molecular complexity index is 474. The summed E-state index contributed by atoms with van der Waals surface area (Å²) in [5, 5.41) is 1.10. The van der Waals surface area contributed by atoms with Gasteiger partial charge in [0.15, 0.2) is 0 Å². The zero-order chi connectivity index (χ0) is 10.8. The average molecular weight is 225 g/mol. The number of hydrogen-bond acceptors (Lipinski definition) is 2. The number of fused-ring (bicyclic) bond motifs is 1. The van der Waals surface area contributed by atoms with Crippen molar-refractivity contribution in [3.8, 4) is 0 Å². The molecule has 0 unspecified atom stereocenters. The van der Waals surface area contributed by atoms with Gasteiger partial charge in [0, 0.05) is 18.4 Å². The minimum atomic E-state index is 0.504. The molecule has 0 aliphatic carbocycles. The molecule has 15 heavy (non-hydrogen) atoms. The summed E-state index contributed by atoms with van der Waals surface area (Å²) in [6.45, 7) is 2.53. The van der Waals surface area contributed by atoms with Crippen LogP contribution in [0.15, 0.2) is 22.6 Å². The van der Waals surface area contributed by atoms with Crippen LogP contribution in [0, 0.1) is 6.92 Å². The van der Waals surface area contributed by atoms with Crippen LogP contribution in [0.4, 0.5) is 0 Å². The van der Waals surface area contributed by atoms with E-state index in [9.17, 15) is 0 Å². The standard InChI is InChI=1S/C12H13ClO2/c1-8-3-9(6-13)4-10-5-11(7-14-2)15-12(8)10/h3-5H,6-7H2,1-2H3. The number of methoxy groups -OCH3 is 1. The van der Waals surface area contributed by atoms with Crippen LogP contribution in [0.25, 0.3) is 11.0 Å². The van der Waals surface area contributed by atoms with Gasteiger partial charge in [-0.05, 0) is 30.2 Å². The third kappa shape index (κ3) is 2.01. The highest BCUT2D eigenvalue weighted by molar-refractivity contribution is 6.17. The molecule has 1 heterocycles. The normalized spacial score (nSPS) is 11.1. The molecule has 0 fully saturated rings. The molecule has 0 N–H and O–H groups in total. The molecule has 0 radical (unpaired) electrons. The largest absolute Gasteiger partial charge is 0.458 e. The highest BCUT2D eigenvalue weighted by atomic mass is 35.5. The number of benzene rings is 1. The number of ether oxygens (including phenoxy) is 1. The first-order valence-corrected chi connectivity index (χ1v) is 5.35. The van der Waals surface area contributed by atoms with E-state index in [1.807, 2.05) is 13.0 Å². The quantitative estimate of drug-likeness (QED) is 0.743. The van der Waals surface area contributed by atoms with E-state index in [-0.39, 0.29) is 0 Å². The van der Waals surface area contributed by atoms with Crippen LogP contribution in [0.3, 0.4) is 0 Å². The molecule has 0 atom stereocenters. The second-order valence-corrected chi connectivity index (χ2v) is 3.88. The van der Waals surface area contributed by atoms with Crippen molar-refractivity contribution in [2.24, 2.45) is 0 Å². The molecule has 0 aliphatic rings. The lowest BCUT2D eigenvalue weighted by Gasteiger charge is -1.98. The third-order valence-corrected chi connectivity index (χ3v) is 2.66. The number of hydrogen-bond donors (Lipinski definition) is 0. The summed E-state index contributed by atoms with van der Waals surface area (Å²) in [6, 6.07) is 6.11. The van der Waals surface area contributed by atoms with Crippen LogP contribution in [0.1, 0.15) is 16.9 Å². The summed E-state index contributed by atoms with van der Waals surface area (Å²) in [4.78, 5) is 0. The Morgan fingerprint density at radius 1 is 1.33 bits per heavy atom. The first-order valence-electron chi connectivity index (χ1n) is 4.81. The SMILES string of the molecule is COCc1cc2cc(CCl)cc(C)c2o1. The maximum atomic E-state index is 5.81. The fourth-order valence-corrected chi connectivity index (χ4v) is 1.90. The van der Waals surface area contributed by atoms with Gasteiger partial charge in [0.05, 0.1) is 0 Å². The van der Waals surface area contributed by atoms with E-state index >= 15 is 0 Å². The Hall–Kier alpha value is -0.990. The lowest BCUT2D eigenvalue weighted by molar-refractivity contribution is 0.166. The summed E-state index contributed by atoms with van der Waals surface area (Å²) in [7, 11) is 1.66. The Balaban J connectivity index is 2.54. The van der Waals surface area contributed by atoms with Gasteiger partial charge in [-0.3, -0.25) is 0 Å². The van der Waals surface area contributed by atoms with E-state index in [1.54, 1.807) is 7.11 Å². The molecule has 2 rings (SSSR count). The van der Waals surface area contributed by atoms with Gasteiger partial charge < -0.3 is 9.15 Å². The molecule has 1 aromatic heterocycles. The lowest BCUT2D eigenvalue weighted by atomic mass is 10.1. The average Bonchev–Trinajstić information content (AvgIpc) is 2.61. The van der Waals surface area contributed by atoms with Crippen molar-refractivity contribution in [1.29, 1.82) is 0 Å².